The van der Waals surface area contributed by atoms with Crippen LogP contribution < -0.4 is 20.2 Å². The van der Waals surface area contributed by atoms with Gasteiger partial charge in [-0.1, -0.05) is 0 Å². The molecule has 0 saturated heterocycles. The topological polar surface area (TPSA) is 109 Å². The normalized spacial score (nSPS) is 9.15. The number of aromatic nitrogens is 2. The fourth-order valence-corrected chi connectivity index (χ4v) is 2.50. The van der Waals surface area contributed by atoms with E-state index >= 15 is 0 Å². The Bertz CT molecular complexity index is 558. The molecule has 8 heteroatoms. The molecule has 2 heterocycles. The number of nitrogens with one attached hydrogen (secondary N) is 2. The van der Waals surface area contributed by atoms with Gasteiger partial charge in [0.15, 0.2) is 24.8 Å². The second kappa shape index (κ2) is 16.4. The largest absolute Gasteiger partial charge is 0.543 e. The van der Waals surface area contributed by atoms with E-state index in [0.29, 0.717) is 0 Å². The molecule has 6 nitrogen and oxygen atoms in total. The van der Waals surface area contributed by atoms with E-state index in [9.17, 15) is 0 Å². The quantitative estimate of drug-likeness (QED) is 0.597. The number of carboxylic acids is 2. The van der Waals surface area contributed by atoms with Crippen LogP contribution in [0, 0.1) is 0 Å². The van der Waals surface area contributed by atoms with Gasteiger partial charge in [-0.15, -0.1) is 0 Å². The van der Waals surface area contributed by atoms with Crippen molar-refractivity contribution in [3.63, 3.8) is 0 Å². The van der Waals surface area contributed by atoms with Crippen LogP contribution >= 0.6 is 23.5 Å². The second-order valence-corrected chi connectivity index (χ2v) is 6.85. The SMILES string of the molecule is CSCCc1cc[nH+]cc1.CSCCc1cc[nH+]cc1.O=C([O-])C(=O)[O-]. The molecule has 0 aromatic carbocycles. The Hall–Kier alpha value is -2.06. The van der Waals surface area contributed by atoms with Crippen molar-refractivity contribution in [2.24, 2.45) is 0 Å². The lowest BCUT2D eigenvalue weighted by Crippen LogP contribution is -2.42. The van der Waals surface area contributed by atoms with Crippen molar-refractivity contribution in [2.75, 3.05) is 24.0 Å². The van der Waals surface area contributed by atoms with Crippen molar-refractivity contribution >= 4 is 35.5 Å². The Balaban J connectivity index is 0.000000375. The highest BCUT2D eigenvalue weighted by Crippen LogP contribution is 2.01. The zero-order valence-corrected chi connectivity index (χ0v) is 16.5. The van der Waals surface area contributed by atoms with E-state index < -0.39 is 11.9 Å². The summed E-state index contributed by atoms with van der Waals surface area (Å²) in [4.78, 5) is 23.9. The molecule has 0 unspecified atom stereocenters. The number of aryl methyl sites for hydroxylation is 2. The van der Waals surface area contributed by atoms with Gasteiger partial charge >= 0.3 is 0 Å². The lowest BCUT2D eigenvalue weighted by Gasteiger charge is -1.97. The third-order valence-electron chi connectivity index (χ3n) is 2.93. The maximum Gasteiger partial charge on any atom is 0.167 e. The Labute approximate surface area is 162 Å². The van der Waals surface area contributed by atoms with Crippen molar-refractivity contribution in [3.05, 3.63) is 60.2 Å². The molecule has 2 aromatic rings. The van der Waals surface area contributed by atoms with E-state index in [-0.39, 0.29) is 0 Å². The van der Waals surface area contributed by atoms with Gasteiger partial charge in [-0.3, -0.25) is 0 Å². The molecule has 2 rings (SSSR count). The molecule has 26 heavy (non-hydrogen) atoms. The average molecular weight is 397 g/mol. The number of rotatable bonds is 6. The van der Waals surface area contributed by atoms with Gasteiger partial charge in [-0.2, -0.15) is 23.5 Å². The fraction of sp³-hybridized carbons (Fsp3) is 0.333. The molecule has 2 aromatic heterocycles. The molecular weight excluding hydrogens is 372 g/mol. The summed E-state index contributed by atoms with van der Waals surface area (Å²) >= 11 is 3.77. The van der Waals surface area contributed by atoms with Crippen molar-refractivity contribution in [1.82, 2.24) is 0 Å². The van der Waals surface area contributed by atoms with Crippen molar-refractivity contribution < 1.29 is 29.8 Å². The van der Waals surface area contributed by atoms with Crippen LogP contribution in [-0.4, -0.2) is 36.0 Å². The van der Waals surface area contributed by atoms with Gasteiger partial charge in [-0.05, 0) is 48.0 Å². The highest BCUT2D eigenvalue weighted by molar-refractivity contribution is 7.98. The molecule has 0 saturated carbocycles. The predicted molar refractivity (Wildman–Crippen MR) is 100 cm³/mol. The smallest absolute Gasteiger partial charge is 0.167 e. The number of carbonyl (C=O) groups excluding carboxylic acids is 2. The van der Waals surface area contributed by atoms with Crippen LogP contribution in [0.5, 0.6) is 0 Å². The van der Waals surface area contributed by atoms with Crippen LogP contribution in [0.15, 0.2) is 49.1 Å². The zero-order chi connectivity index (χ0) is 19.6. The molecule has 0 amide bonds. The molecule has 0 aliphatic rings. The molecule has 0 fully saturated rings. The standard InChI is InChI=1S/2C8H11NS.C2H2O4/c2*1-10-7-4-8-2-5-9-6-3-8;3-1(4)2(5)6/h2*2-3,5-6H,4,7H2,1H3;(H,3,4)(H,5,6). The highest BCUT2D eigenvalue weighted by Gasteiger charge is 1.91. The number of hydrogen-bond acceptors (Lipinski definition) is 6. The average Bonchev–Trinajstić information content (AvgIpc) is 2.67. The summed E-state index contributed by atoms with van der Waals surface area (Å²) < 4.78 is 0. The molecule has 0 aliphatic carbocycles. The summed E-state index contributed by atoms with van der Waals surface area (Å²) in [5, 5.41) is 17.9. The van der Waals surface area contributed by atoms with Crippen molar-refractivity contribution in [3.8, 4) is 0 Å². The van der Waals surface area contributed by atoms with E-state index in [0.717, 1.165) is 0 Å². The molecule has 2 N–H and O–H groups in total. The number of carboxylic acid groups (broad SMARTS) is 2. The monoisotopic (exact) mass is 396 g/mol. The first-order valence-electron chi connectivity index (χ1n) is 7.81. The third kappa shape index (κ3) is 14.3. The number of aliphatic carboxylic acids is 2. The second-order valence-electron chi connectivity index (χ2n) is 4.88. The summed E-state index contributed by atoms with van der Waals surface area (Å²) in [6.45, 7) is 0. The van der Waals surface area contributed by atoms with Crippen LogP contribution in [0.2, 0.25) is 0 Å². The minimum absolute atomic E-state index is 1.18. The molecule has 0 radical (unpaired) electrons. The number of pyridine rings is 2. The summed E-state index contributed by atoms with van der Waals surface area (Å²) in [6, 6.07) is 8.48. The van der Waals surface area contributed by atoms with Crippen molar-refractivity contribution in [2.45, 2.75) is 12.8 Å². The summed E-state index contributed by atoms with van der Waals surface area (Å²) in [5.41, 5.74) is 2.82. The minimum Gasteiger partial charge on any atom is -0.543 e. The summed E-state index contributed by atoms with van der Waals surface area (Å²) in [7, 11) is 0. The van der Waals surface area contributed by atoms with Crippen LogP contribution in [0.1, 0.15) is 11.1 Å². The van der Waals surface area contributed by atoms with E-state index in [4.69, 9.17) is 19.8 Å². The summed E-state index contributed by atoms with van der Waals surface area (Å²) in [6.07, 6.45) is 14.5. The summed E-state index contributed by atoms with van der Waals surface area (Å²) in [5.74, 6) is -1.95. The van der Waals surface area contributed by atoms with Gasteiger partial charge in [-0.25, -0.2) is 9.97 Å². The van der Waals surface area contributed by atoms with Gasteiger partial charge < -0.3 is 19.8 Å². The van der Waals surface area contributed by atoms with Crippen molar-refractivity contribution in [1.29, 1.82) is 0 Å². The Morgan fingerprint density at radius 1 is 0.769 bits per heavy atom. The highest BCUT2D eigenvalue weighted by atomic mass is 32.2. The lowest BCUT2D eigenvalue weighted by molar-refractivity contribution is -0.378. The molecule has 142 valence electrons. The van der Waals surface area contributed by atoms with Crippen LogP contribution in [0.3, 0.4) is 0 Å². The zero-order valence-electron chi connectivity index (χ0n) is 14.9. The minimum atomic E-state index is -2.19. The van der Waals surface area contributed by atoms with Gasteiger partial charge in [0, 0.05) is 24.3 Å². The lowest BCUT2D eigenvalue weighted by atomic mass is 10.2. The molecule has 0 atom stereocenters. The fourth-order valence-electron chi connectivity index (χ4n) is 1.62. The van der Waals surface area contributed by atoms with Gasteiger partial charge in [0.1, 0.15) is 0 Å². The Morgan fingerprint density at radius 3 is 1.31 bits per heavy atom. The van der Waals surface area contributed by atoms with Crippen LogP contribution in [0.25, 0.3) is 0 Å². The van der Waals surface area contributed by atoms with Gasteiger partial charge in [0.05, 0.1) is 11.9 Å². The number of hydrogen-bond donors (Lipinski definition) is 0. The maximum absolute atomic E-state index is 8.93. The first-order chi connectivity index (χ1) is 12.5. The molecular formula is C18H24N2O4S2. The molecule has 0 bridgehead atoms. The number of H-pyrrole nitrogens is 2. The first kappa shape index (κ1) is 23.9. The van der Waals surface area contributed by atoms with E-state index in [1.54, 1.807) is 0 Å². The van der Waals surface area contributed by atoms with E-state index in [1.165, 1.54) is 35.5 Å². The van der Waals surface area contributed by atoms with Gasteiger partial charge in [0.25, 0.3) is 0 Å². The number of aromatic amines is 2. The van der Waals surface area contributed by atoms with E-state index in [1.807, 2.05) is 48.3 Å². The number of carbonyl (C=O) groups is 2. The Morgan fingerprint density at radius 2 is 1.08 bits per heavy atom. The van der Waals surface area contributed by atoms with Crippen LogP contribution in [-0.2, 0) is 22.4 Å². The predicted octanol–water partition coefficient (Wildman–Crippen LogP) is -0.701. The third-order valence-corrected chi connectivity index (χ3v) is 4.16. The maximum atomic E-state index is 8.93. The Kier molecular flexibility index (Phi) is 15.1. The van der Waals surface area contributed by atoms with E-state index in [2.05, 4.69) is 46.7 Å². The first-order valence-corrected chi connectivity index (χ1v) is 10.6. The van der Waals surface area contributed by atoms with Gasteiger partial charge in [0.2, 0.25) is 0 Å². The molecule has 0 aliphatic heterocycles. The number of thioether (sulfide) groups is 2. The molecule has 0 spiro atoms. The van der Waals surface area contributed by atoms with Crippen LogP contribution in [0.4, 0.5) is 0 Å².